The molecule has 3 nitrogen and oxygen atoms in total. The molecule has 162 valence electrons. The Morgan fingerprint density at radius 2 is 1.71 bits per heavy atom. The minimum absolute atomic E-state index is 0.0609. The summed E-state index contributed by atoms with van der Waals surface area (Å²) in [4.78, 5) is 15.4. The molecule has 1 N–H and O–H groups in total. The number of likely N-dealkylation sites (tertiary alicyclic amines) is 1. The molecule has 5 heteroatoms. The predicted molar refractivity (Wildman–Crippen MR) is 123 cm³/mol. The van der Waals surface area contributed by atoms with Crippen LogP contribution in [0.5, 0.6) is 0 Å². The maximum Gasteiger partial charge on any atom is 0.166 e. The Morgan fingerprint density at radius 3 is 2.45 bits per heavy atom. The number of hydrogen-bond acceptors (Lipinski definition) is 3. The number of ketones is 1. The summed E-state index contributed by atoms with van der Waals surface area (Å²) in [6.07, 6.45) is 2.66. The average molecular weight is 440 g/mol. The fourth-order valence-corrected chi connectivity index (χ4v) is 4.56. The summed E-state index contributed by atoms with van der Waals surface area (Å²) < 4.78 is 13.0. The van der Waals surface area contributed by atoms with Crippen LogP contribution >= 0.6 is 11.6 Å². The number of fused-ring (bicyclic) bond motifs is 1. The number of carbonyl (C=O) groups is 1. The first-order chi connectivity index (χ1) is 15.0. The molecule has 1 aliphatic rings. The van der Waals surface area contributed by atoms with Gasteiger partial charge in [0, 0.05) is 16.5 Å². The molecule has 1 atom stereocenters. The number of rotatable bonds is 7. The van der Waals surface area contributed by atoms with Gasteiger partial charge in [0.05, 0.1) is 6.10 Å². The third kappa shape index (κ3) is 5.51. The van der Waals surface area contributed by atoms with E-state index in [1.54, 1.807) is 12.1 Å². The standard InChI is InChI=1S/C26H27ClFNO2/c27-23-8-5-20-16-22(4-3-21(20)17-23)26(31)19-11-14-29(15-12-19)13-1-2-25(30)18-6-9-24(28)10-7-18/h3-10,16-17,19,25,30H,1-2,11-15H2. The first-order valence-electron chi connectivity index (χ1n) is 10.9. The lowest BCUT2D eigenvalue weighted by Gasteiger charge is -2.31. The van der Waals surface area contributed by atoms with Crippen molar-refractivity contribution in [3.63, 3.8) is 0 Å². The number of halogens is 2. The molecule has 1 saturated heterocycles. The lowest BCUT2D eigenvalue weighted by atomic mass is 9.88. The zero-order chi connectivity index (χ0) is 21.8. The first-order valence-corrected chi connectivity index (χ1v) is 11.3. The minimum Gasteiger partial charge on any atom is -0.388 e. The highest BCUT2D eigenvalue weighted by Gasteiger charge is 2.25. The largest absolute Gasteiger partial charge is 0.388 e. The molecule has 0 spiro atoms. The Morgan fingerprint density at radius 1 is 1.03 bits per heavy atom. The zero-order valence-corrected chi connectivity index (χ0v) is 18.2. The van der Waals surface area contributed by atoms with Crippen molar-refractivity contribution in [3.05, 3.63) is 82.6 Å². The Labute approximate surface area is 187 Å². The van der Waals surface area contributed by atoms with Gasteiger partial charge in [-0.15, -0.1) is 0 Å². The van der Waals surface area contributed by atoms with E-state index in [2.05, 4.69) is 4.90 Å². The molecule has 1 unspecified atom stereocenters. The van der Waals surface area contributed by atoms with Gasteiger partial charge in [-0.25, -0.2) is 4.39 Å². The second kappa shape index (κ2) is 9.90. The van der Waals surface area contributed by atoms with Crippen LogP contribution in [0.3, 0.4) is 0 Å². The smallest absolute Gasteiger partial charge is 0.166 e. The van der Waals surface area contributed by atoms with E-state index >= 15 is 0 Å². The maximum atomic E-state index is 13.0. The molecule has 0 saturated carbocycles. The van der Waals surface area contributed by atoms with Crippen molar-refractivity contribution >= 4 is 28.2 Å². The lowest BCUT2D eigenvalue weighted by molar-refractivity contribution is 0.0833. The number of aliphatic hydroxyl groups excluding tert-OH is 1. The fourth-order valence-electron chi connectivity index (χ4n) is 4.38. The zero-order valence-electron chi connectivity index (χ0n) is 17.4. The lowest BCUT2D eigenvalue weighted by Crippen LogP contribution is -2.37. The van der Waals surface area contributed by atoms with E-state index in [1.165, 1.54) is 12.1 Å². The average Bonchev–Trinajstić information content (AvgIpc) is 2.79. The summed E-state index contributed by atoms with van der Waals surface area (Å²) in [6, 6.07) is 17.6. The van der Waals surface area contributed by atoms with Crippen LogP contribution in [-0.2, 0) is 0 Å². The molecule has 0 amide bonds. The molecule has 3 aromatic rings. The van der Waals surface area contributed by atoms with Gasteiger partial charge >= 0.3 is 0 Å². The van der Waals surface area contributed by atoms with Gasteiger partial charge in [-0.2, -0.15) is 0 Å². The van der Waals surface area contributed by atoms with Crippen LogP contribution in [0.2, 0.25) is 5.02 Å². The Kier molecular flexibility index (Phi) is 7.01. The minimum atomic E-state index is -0.567. The van der Waals surface area contributed by atoms with Crippen molar-refractivity contribution in [1.82, 2.24) is 4.90 Å². The van der Waals surface area contributed by atoms with E-state index < -0.39 is 6.10 Å². The van der Waals surface area contributed by atoms with Crippen LogP contribution in [0.25, 0.3) is 10.8 Å². The fraction of sp³-hybridized carbons (Fsp3) is 0.346. The van der Waals surface area contributed by atoms with E-state index in [0.717, 1.165) is 60.8 Å². The summed E-state index contributed by atoms with van der Waals surface area (Å²) in [5.41, 5.74) is 1.53. The van der Waals surface area contributed by atoms with E-state index in [-0.39, 0.29) is 17.5 Å². The van der Waals surface area contributed by atoms with E-state index in [4.69, 9.17) is 11.6 Å². The van der Waals surface area contributed by atoms with Gasteiger partial charge in [0.1, 0.15) is 5.82 Å². The van der Waals surface area contributed by atoms with Crippen LogP contribution < -0.4 is 0 Å². The summed E-state index contributed by atoms with van der Waals surface area (Å²) in [7, 11) is 0. The topological polar surface area (TPSA) is 40.5 Å². The van der Waals surface area contributed by atoms with Gasteiger partial charge in [0.25, 0.3) is 0 Å². The molecular formula is C26H27ClFNO2. The quantitative estimate of drug-likeness (QED) is 0.456. The molecule has 0 aliphatic carbocycles. The molecule has 0 aromatic heterocycles. The molecule has 1 fully saturated rings. The van der Waals surface area contributed by atoms with Crippen LogP contribution in [0.1, 0.15) is 47.7 Å². The molecule has 0 radical (unpaired) electrons. The van der Waals surface area contributed by atoms with Gasteiger partial charge < -0.3 is 10.0 Å². The first kappa shape index (κ1) is 21.9. The number of benzene rings is 3. The summed E-state index contributed by atoms with van der Waals surface area (Å²) >= 11 is 6.05. The highest BCUT2D eigenvalue weighted by molar-refractivity contribution is 6.31. The number of nitrogens with zero attached hydrogens (tertiary/aromatic N) is 1. The van der Waals surface area contributed by atoms with Crippen molar-refractivity contribution in [2.45, 2.75) is 31.8 Å². The van der Waals surface area contributed by atoms with Crippen molar-refractivity contribution < 1.29 is 14.3 Å². The third-order valence-corrected chi connectivity index (χ3v) is 6.49. The van der Waals surface area contributed by atoms with Gasteiger partial charge in [0.2, 0.25) is 0 Å². The van der Waals surface area contributed by atoms with Crippen LogP contribution in [-0.4, -0.2) is 35.4 Å². The predicted octanol–water partition coefficient (Wildman–Crippen LogP) is 6.04. The van der Waals surface area contributed by atoms with Crippen molar-refractivity contribution in [3.8, 4) is 0 Å². The molecule has 3 aromatic carbocycles. The molecule has 31 heavy (non-hydrogen) atoms. The Bertz CT molecular complexity index is 1040. The summed E-state index contributed by atoms with van der Waals surface area (Å²) in [5, 5.41) is 13.1. The molecular weight excluding hydrogens is 413 g/mol. The van der Waals surface area contributed by atoms with E-state index in [1.807, 2.05) is 36.4 Å². The number of piperidine rings is 1. The van der Waals surface area contributed by atoms with Crippen LogP contribution in [0.15, 0.2) is 60.7 Å². The van der Waals surface area contributed by atoms with Crippen LogP contribution in [0.4, 0.5) is 4.39 Å². The number of hydrogen-bond donors (Lipinski definition) is 1. The Balaban J connectivity index is 1.25. The highest BCUT2D eigenvalue weighted by atomic mass is 35.5. The van der Waals surface area contributed by atoms with Gasteiger partial charge in [0.15, 0.2) is 5.78 Å². The number of aliphatic hydroxyl groups is 1. The van der Waals surface area contributed by atoms with Crippen molar-refractivity contribution in [2.24, 2.45) is 5.92 Å². The second-order valence-electron chi connectivity index (χ2n) is 8.40. The van der Waals surface area contributed by atoms with Crippen molar-refractivity contribution in [2.75, 3.05) is 19.6 Å². The maximum absolute atomic E-state index is 13.0. The van der Waals surface area contributed by atoms with E-state index in [0.29, 0.717) is 11.4 Å². The number of Topliss-reactive ketones (excluding diaryl/α,β-unsaturated/α-hetero) is 1. The SMILES string of the molecule is O=C(c1ccc2cc(Cl)ccc2c1)C1CCN(CCCC(O)c2ccc(F)cc2)CC1. The highest BCUT2D eigenvalue weighted by Crippen LogP contribution is 2.26. The van der Waals surface area contributed by atoms with Gasteiger partial charge in [-0.05, 0) is 92.0 Å². The summed E-state index contributed by atoms with van der Waals surface area (Å²) in [5.74, 6) is -0.00417. The molecule has 1 heterocycles. The normalized spacial score (nSPS) is 16.5. The third-order valence-electron chi connectivity index (χ3n) is 6.25. The van der Waals surface area contributed by atoms with Crippen molar-refractivity contribution in [1.29, 1.82) is 0 Å². The van der Waals surface area contributed by atoms with E-state index in [9.17, 15) is 14.3 Å². The second-order valence-corrected chi connectivity index (χ2v) is 8.83. The number of carbonyl (C=O) groups excluding carboxylic acids is 1. The molecule has 4 rings (SSSR count). The van der Waals surface area contributed by atoms with Gasteiger partial charge in [-0.3, -0.25) is 4.79 Å². The Hall–Kier alpha value is -2.27. The molecule has 1 aliphatic heterocycles. The van der Waals surface area contributed by atoms with Crippen LogP contribution in [0, 0.1) is 11.7 Å². The molecule has 0 bridgehead atoms. The monoisotopic (exact) mass is 439 g/mol. The van der Waals surface area contributed by atoms with Gasteiger partial charge in [-0.1, -0.05) is 41.9 Å². The summed E-state index contributed by atoms with van der Waals surface area (Å²) in [6.45, 7) is 2.69.